The van der Waals surface area contributed by atoms with Gasteiger partial charge in [0.15, 0.2) is 0 Å². The molecular formula is C27H28N2OS. The maximum absolute atomic E-state index is 11.5. The third-order valence-corrected chi connectivity index (χ3v) is 8.61. The minimum absolute atomic E-state index is 0.0893. The number of benzene rings is 2. The fraction of sp³-hybridized carbons (Fsp3) is 0.370. The van der Waals surface area contributed by atoms with Crippen molar-refractivity contribution in [1.29, 1.82) is 0 Å². The van der Waals surface area contributed by atoms with E-state index in [4.69, 9.17) is 0 Å². The van der Waals surface area contributed by atoms with Crippen molar-refractivity contribution in [2.45, 2.75) is 41.2 Å². The van der Waals surface area contributed by atoms with Gasteiger partial charge in [0.1, 0.15) is 5.03 Å². The molecule has 3 aliphatic rings. The van der Waals surface area contributed by atoms with Crippen molar-refractivity contribution in [1.82, 2.24) is 9.88 Å². The van der Waals surface area contributed by atoms with E-state index in [-0.39, 0.29) is 5.41 Å². The maximum atomic E-state index is 11.5. The zero-order valence-electron chi connectivity index (χ0n) is 17.9. The predicted molar refractivity (Wildman–Crippen MR) is 126 cm³/mol. The molecule has 0 spiro atoms. The lowest BCUT2D eigenvalue weighted by Gasteiger charge is -2.43. The highest BCUT2D eigenvalue weighted by Crippen LogP contribution is 2.60. The molecule has 1 fully saturated rings. The average molecular weight is 429 g/mol. The first-order chi connectivity index (χ1) is 15.1. The van der Waals surface area contributed by atoms with Crippen molar-refractivity contribution in [2.75, 3.05) is 25.9 Å². The average Bonchev–Trinajstić information content (AvgIpc) is 3.33. The first-order valence-electron chi connectivity index (χ1n) is 11.3. The molecule has 6 rings (SSSR count). The lowest BCUT2D eigenvalue weighted by Crippen LogP contribution is -2.48. The second-order valence-electron chi connectivity index (χ2n) is 9.38. The summed E-state index contributed by atoms with van der Waals surface area (Å²) in [5.74, 6) is 0.536. The normalized spacial score (nSPS) is 25.9. The predicted octanol–water partition coefficient (Wildman–Crippen LogP) is 4.92. The van der Waals surface area contributed by atoms with Crippen molar-refractivity contribution in [3.63, 3.8) is 0 Å². The van der Waals surface area contributed by atoms with Gasteiger partial charge >= 0.3 is 0 Å². The van der Waals surface area contributed by atoms with E-state index in [0.29, 0.717) is 5.92 Å². The fourth-order valence-electron chi connectivity index (χ4n) is 6.45. The number of rotatable bonds is 4. The van der Waals surface area contributed by atoms with Gasteiger partial charge in [0, 0.05) is 42.7 Å². The Morgan fingerprint density at radius 3 is 2.19 bits per heavy atom. The third kappa shape index (κ3) is 2.85. The molecule has 0 radical (unpaired) electrons. The van der Waals surface area contributed by atoms with Gasteiger partial charge in [-0.15, -0.1) is 11.8 Å². The van der Waals surface area contributed by atoms with Gasteiger partial charge in [0.25, 0.3) is 0 Å². The van der Waals surface area contributed by atoms with Gasteiger partial charge in [0.05, 0.1) is 5.60 Å². The summed E-state index contributed by atoms with van der Waals surface area (Å²) in [5.41, 5.74) is 6.41. The van der Waals surface area contributed by atoms with E-state index < -0.39 is 5.60 Å². The van der Waals surface area contributed by atoms with Crippen LogP contribution in [-0.4, -0.2) is 40.9 Å². The first-order valence-corrected chi connectivity index (χ1v) is 12.5. The number of thioether (sulfide) groups is 1. The first kappa shape index (κ1) is 19.5. The molecule has 2 heterocycles. The van der Waals surface area contributed by atoms with Gasteiger partial charge in [-0.3, -0.25) is 0 Å². The lowest BCUT2D eigenvalue weighted by atomic mass is 9.74. The molecule has 0 atom stereocenters. The summed E-state index contributed by atoms with van der Waals surface area (Å²) in [5, 5.41) is 12.5. The quantitative estimate of drug-likeness (QED) is 0.598. The van der Waals surface area contributed by atoms with E-state index >= 15 is 0 Å². The summed E-state index contributed by atoms with van der Waals surface area (Å²) in [7, 11) is 0. The van der Waals surface area contributed by atoms with Crippen LogP contribution in [0.2, 0.25) is 0 Å². The van der Waals surface area contributed by atoms with Crippen LogP contribution in [0.1, 0.15) is 53.0 Å². The molecular weight excluding hydrogens is 400 g/mol. The SMILES string of the molecule is CSc1ncccc1C1(O)CCN(CC23CC(c4ccccc42)c2ccccc23)CC1. The number of fused-ring (bicyclic) bond motifs is 8. The van der Waals surface area contributed by atoms with E-state index in [0.717, 1.165) is 43.1 Å². The molecule has 2 bridgehead atoms. The summed E-state index contributed by atoms with van der Waals surface area (Å²) in [6.07, 6.45) is 6.56. The molecule has 0 amide bonds. The van der Waals surface area contributed by atoms with Crippen LogP contribution in [-0.2, 0) is 11.0 Å². The van der Waals surface area contributed by atoms with Crippen LogP contribution in [0.5, 0.6) is 0 Å². The Morgan fingerprint density at radius 1 is 0.935 bits per heavy atom. The van der Waals surface area contributed by atoms with Gasteiger partial charge < -0.3 is 10.0 Å². The molecule has 158 valence electrons. The Labute approximate surface area is 188 Å². The van der Waals surface area contributed by atoms with Crippen molar-refractivity contribution < 1.29 is 5.11 Å². The summed E-state index contributed by atoms with van der Waals surface area (Å²) in [6.45, 7) is 2.86. The molecule has 0 saturated carbocycles. The van der Waals surface area contributed by atoms with E-state index in [1.54, 1.807) is 11.8 Å². The van der Waals surface area contributed by atoms with Crippen LogP contribution in [0.4, 0.5) is 0 Å². The Kier molecular flexibility index (Phi) is 4.53. The fourth-order valence-corrected chi connectivity index (χ4v) is 7.09. The largest absolute Gasteiger partial charge is 0.385 e. The van der Waals surface area contributed by atoms with Crippen molar-refractivity contribution in [3.05, 3.63) is 94.7 Å². The number of aromatic nitrogens is 1. The molecule has 1 N–H and O–H groups in total. The molecule has 0 unspecified atom stereocenters. The lowest BCUT2D eigenvalue weighted by molar-refractivity contribution is -0.0313. The van der Waals surface area contributed by atoms with Gasteiger partial charge in [-0.25, -0.2) is 4.98 Å². The highest BCUT2D eigenvalue weighted by Gasteiger charge is 2.53. The Hall–Kier alpha value is -2.14. The summed E-state index contributed by atoms with van der Waals surface area (Å²) >= 11 is 1.62. The number of hydrogen-bond acceptors (Lipinski definition) is 4. The minimum atomic E-state index is -0.773. The van der Waals surface area contributed by atoms with E-state index in [1.165, 1.54) is 28.7 Å². The molecule has 3 nitrogen and oxygen atoms in total. The molecule has 1 aromatic heterocycles. The third-order valence-electron chi connectivity index (χ3n) is 7.90. The summed E-state index contributed by atoms with van der Waals surface area (Å²) in [6, 6.07) is 22.1. The number of nitrogens with zero attached hydrogens (tertiary/aromatic N) is 2. The van der Waals surface area contributed by atoms with Crippen LogP contribution < -0.4 is 0 Å². The molecule has 3 aromatic rings. The Morgan fingerprint density at radius 2 is 1.55 bits per heavy atom. The van der Waals surface area contributed by atoms with Crippen molar-refractivity contribution in [3.8, 4) is 0 Å². The van der Waals surface area contributed by atoms with Crippen LogP contribution in [0.15, 0.2) is 71.9 Å². The molecule has 1 saturated heterocycles. The number of likely N-dealkylation sites (tertiary alicyclic amines) is 1. The molecule has 31 heavy (non-hydrogen) atoms. The van der Waals surface area contributed by atoms with E-state index in [2.05, 4.69) is 64.5 Å². The number of pyridine rings is 1. The maximum Gasteiger partial charge on any atom is 0.102 e. The van der Waals surface area contributed by atoms with Gasteiger partial charge in [0.2, 0.25) is 0 Å². The molecule has 2 aromatic carbocycles. The van der Waals surface area contributed by atoms with Gasteiger partial charge in [-0.2, -0.15) is 0 Å². The van der Waals surface area contributed by atoms with Crippen LogP contribution in [0.25, 0.3) is 0 Å². The minimum Gasteiger partial charge on any atom is -0.385 e. The second kappa shape index (κ2) is 7.19. The Balaban J connectivity index is 1.29. The van der Waals surface area contributed by atoms with E-state index in [1.807, 2.05) is 18.5 Å². The Bertz CT molecular complexity index is 1090. The summed E-state index contributed by atoms with van der Waals surface area (Å²) in [4.78, 5) is 7.08. The number of piperidine rings is 1. The van der Waals surface area contributed by atoms with Crippen molar-refractivity contribution >= 4 is 11.8 Å². The highest BCUT2D eigenvalue weighted by atomic mass is 32.2. The van der Waals surface area contributed by atoms with Crippen LogP contribution in [0, 0.1) is 0 Å². The highest BCUT2D eigenvalue weighted by molar-refractivity contribution is 7.98. The van der Waals surface area contributed by atoms with Gasteiger partial charge in [-0.05, 0) is 53.8 Å². The number of hydrogen-bond donors (Lipinski definition) is 1. The zero-order chi connectivity index (χ0) is 21.1. The smallest absolute Gasteiger partial charge is 0.102 e. The van der Waals surface area contributed by atoms with Crippen LogP contribution >= 0.6 is 11.8 Å². The second-order valence-corrected chi connectivity index (χ2v) is 10.2. The van der Waals surface area contributed by atoms with E-state index in [9.17, 15) is 5.11 Å². The molecule has 1 aliphatic heterocycles. The standard InChI is InChI=1S/C27H28N2OS/c1-31-25-24(11-6-14-28-25)27(30)12-15-29(16-13-27)18-26-17-21(19-7-2-4-9-22(19)26)20-8-3-5-10-23(20)26/h2-11,14,21,30H,12-13,15-18H2,1H3. The van der Waals surface area contributed by atoms with Crippen LogP contribution in [0.3, 0.4) is 0 Å². The topological polar surface area (TPSA) is 36.4 Å². The van der Waals surface area contributed by atoms with Crippen molar-refractivity contribution in [2.24, 2.45) is 0 Å². The number of aliphatic hydroxyl groups is 1. The molecule has 2 aliphatic carbocycles. The molecule has 4 heteroatoms. The summed E-state index contributed by atoms with van der Waals surface area (Å²) < 4.78 is 0. The zero-order valence-corrected chi connectivity index (χ0v) is 18.7. The monoisotopic (exact) mass is 428 g/mol. The van der Waals surface area contributed by atoms with Gasteiger partial charge in [-0.1, -0.05) is 54.6 Å².